The van der Waals surface area contributed by atoms with Gasteiger partial charge < -0.3 is 14.6 Å². The molecular weight excluding hydrogens is 342 g/mol. The van der Waals surface area contributed by atoms with Crippen molar-refractivity contribution in [3.63, 3.8) is 0 Å². The molecule has 0 aromatic heterocycles. The second kappa shape index (κ2) is 9.42. The van der Waals surface area contributed by atoms with Gasteiger partial charge in [-0.3, -0.25) is 9.69 Å². The normalized spacial score (nSPS) is 17.0. The SMILES string of the molecule is Cc1ccc(Oc2ccc(OCC3CCCN3CCCC(=O)O)cc2)cc1. The summed E-state index contributed by atoms with van der Waals surface area (Å²) in [6.07, 6.45) is 3.16. The molecule has 1 aliphatic rings. The number of likely N-dealkylation sites (tertiary alicyclic amines) is 1. The molecular formula is C22H27NO4. The fraction of sp³-hybridized carbons (Fsp3) is 0.409. The number of nitrogens with zero attached hydrogens (tertiary/aromatic N) is 1. The molecule has 27 heavy (non-hydrogen) atoms. The maximum atomic E-state index is 10.7. The monoisotopic (exact) mass is 369 g/mol. The first-order chi connectivity index (χ1) is 13.1. The number of rotatable bonds is 9. The zero-order valence-electron chi connectivity index (χ0n) is 15.8. The molecule has 0 bridgehead atoms. The van der Waals surface area contributed by atoms with Gasteiger partial charge in [0.2, 0.25) is 0 Å². The number of carboxylic acid groups (broad SMARTS) is 1. The van der Waals surface area contributed by atoms with Crippen molar-refractivity contribution in [1.29, 1.82) is 0 Å². The molecule has 2 aromatic rings. The van der Waals surface area contributed by atoms with Crippen LogP contribution < -0.4 is 9.47 Å². The lowest BCUT2D eigenvalue weighted by Gasteiger charge is -2.24. The quantitative estimate of drug-likeness (QED) is 0.705. The first-order valence-corrected chi connectivity index (χ1v) is 9.53. The van der Waals surface area contributed by atoms with Crippen LogP contribution in [0.3, 0.4) is 0 Å². The highest BCUT2D eigenvalue weighted by Gasteiger charge is 2.24. The van der Waals surface area contributed by atoms with Crippen LogP contribution in [0.4, 0.5) is 0 Å². The molecule has 1 saturated heterocycles. The summed E-state index contributed by atoms with van der Waals surface area (Å²) in [5.74, 6) is 1.69. The van der Waals surface area contributed by atoms with Gasteiger partial charge in [-0.2, -0.15) is 0 Å². The van der Waals surface area contributed by atoms with E-state index >= 15 is 0 Å². The van der Waals surface area contributed by atoms with Gasteiger partial charge in [-0.1, -0.05) is 17.7 Å². The molecule has 5 heteroatoms. The van der Waals surface area contributed by atoms with Crippen molar-refractivity contribution >= 4 is 5.97 Å². The topological polar surface area (TPSA) is 59.0 Å². The lowest BCUT2D eigenvalue weighted by atomic mass is 10.2. The number of ether oxygens (including phenoxy) is 2. The van der Waals surface area contributed by atoms with Crippen molar-refractivity contribution in [2.45, 2.75) is 38.6 Å². The largest absolute Gasteiger partial charge is 0.492 e. The Labute approximate surface area is 160 Å². The van der Waals surface area contributed by atoms with E-state index in [0.29, 0.717) is 19.1 Å². The summed E-state index contributed by atoms with van der Waals surface area (Å²) in [6.45, 7) is 4.53. The van der Waals surface area contributed by atoms with Crippen LogP contribution in [0.25, 0.3) is 0 Å². The highest BCUT2D eigenvalue weighted by atomic mass is 16.5. The summed E-state index contributed by atoms with van der Waals surface area (Å²) in [7, 11) is 0. The number of benzene rings is 2. The Morgan fingerprint density at radius 1 is 1.07 bits per heavy atom. The molecule has 5 nitrogen and oxygen atoms in total. The van der Waals surface area contributed by atoms with Gasteiger partial charge >= 0.3 is 5.97 Å². The zero-order chi connectivity index (χ0) is 19.1. The molecule has 1 unspecified atom stereocenters. The summed E-state index contributed by atoms with van der Waals surface area (Å²) in [5, 5.41) is 8.78. The fourth-order valence-corrected chi connectivity index (χ4v) is 3.35. The molecule has 1 aliphatic heterocycles. The van der Waals surface area contributed by atoms with Crippen LogP contribution in [-0.2, 0) is 4.79 Å². The van der Waals surface area contributed by atoms with E-state index in [0.717, 1.165) is 43.2 Å². The van der Waals surface area contributed by atoms with Crippen LogP contribution in [0.15, 0.2) is 48.5 Å². The maximum absolute atomic E-state index is 10.7. The van der Waals surface area contributed by atoms with Crippen molar-refractivity contribution in [2.24, 2.45) is 0 Å². The third-order valence-electron chi connectivity index (χ3n) is 4.86. The van der Waals surface area contributed by atoms with Crippen LogP contribution in [0.2, 0.25) is 0 Å². The van der Waals surface area contributed by atoms with Gasteiger partial charge in [0.1, 0.15) is 23.9 Å². The van der Waals surface area contributed by atoms with Crippen molar-refractivity contribution in [1.82, 2.24) is 4.90 Å². The smallest absolute Gasteiger partial charge is 0.303 e. The third kappa shape index (κ3) is 6.00. The van der Waals surface area contributed by atoms with Crippen molar-refractivity contribution in [3.8, 4) is 17.2 Å². The van der Waals surface area contributed by atoms with Crippen molar-refractivity contribution in [2.75, 3.05) is 19.7 Å². The number of carbonyl (C=O) groups is 1. The molecule has 3 rings (SSSR count). The first kappa shape index (κ1) is 19.2. The van der Waals surface area contributed by atoms with E-state index < -0.39 is 5.97 Å². The lowest BCUT2D eigenvalue weighted by Crippen LogP contribution is -2.35. The number of aliphatic carboxylic acids is 1. The molecule has 0 saturated carbocycles. The Morgan fingerprint density at radius 2 is 1.70 bits per heavy atom. The minimum Gasteiger partial charge on any atom is -0.492 e. The van der Waals surface area contributed by atoms with E-state index in [1.807, 2.05) is 55.5 Å². The molecule has 144 valence electrons. The first-order valence-electron chi connectivity index (χ1n) is 9.53. The zero-order valence-corrected chi connectivity index (χ0v) is 15.8. The Morgan fingerprint density at radius 3 is 2.37 bits per heavy atom. The maximum Gasteiger partial charge on any atom is 0.303 e. The predicted molar refractivity (Wildman–Crippen MR) is 105 cm³/mol. The molecule has 0 spiro atoms. The van der Waals surface area contributed by atoms with Gasteiger partial charge in [0, 0.05) is 12.5 Å². The minimum atomic E-state index is -0.727. The van der Waals surface area contributed by atoms with Crippen LogP contribution >= 0.6 is 0 Å². The molecule has 0 amide bonds. The number of hydrogen-bond donors (Lipinski definition) is 1. The van der Waals surface area contributed by atoms with Gasteiger partial charge in [-0.15, -0.1) is 0 Å². The van der Waals surface area contributed by atoms with Crippen LogP contribution in [-0.4, -0.2) is 41.7 Å². The van der Waals surface area contributed by atoms with Crippen molar-refractivity contribution < 1.29 is 19.4 Å². The second-order valence-corrected chi connectivity index (χ2v) is 7.03. The number of hydrogen-bond acceptors (Lipinski definition) is 4. The molecule has 1 heterocycles. The molecule has 1 N–H and O–H groups in total. The average Bonchev–Trinajstić information content (AvgIpc) is 3.10. The average molecular weight is 369 g/mol. The van der Waals surface area contributed by atoms with Gasteiger partial charge in [0.25, 0.3) is 0 Å². The summed E-state index contributed by atoms with van der Waals surface area (Å²) in [4.78, 5) is 13.0. The minimum absolute atomic E-state index is 0.229. The van der Waals surface area contributed by atoms with Gasteiger partial charge in [0.05, 0.1) is 0 Å². The van der Waals surface area contributed by atoms with E-state index in [1.165, 1.54) is 5.56 Å². The summed E-state index contributed by atoms with van der Waals surface area (Å²) in [5.41, 5.74) is 1.20. The molecule has 1 atom stereocenters. The van der Waals surface area contributed by atoms with E-state index in [-0.39, 0.29) is 6.42 Å². The molecule has 0 radical (unpaired) electrons. The molecule has 1 fully saturated rings. The van der Waals surface area contributed by atoms with Crippen LogP contribution in [0.5, 0.6) is 17.2 Å². The standard InChI is InChI=1S/C22H27NO4/c1-17-6-8-20(9-7-17)27-21-12-10-19(11-13-21)26-16-18-4-2-14-23(18)15-3-5-22(24)25/h6-13,18H,2-5,14-16H2,1H3,(H,24,25). The summed E-state index contributed by atoms with van der Waals surface area (Å²) in [6, 6.07) is 16.0. The second-order valence-electron chi connectivity index (χ2n) is 7.03. The highest BCUT2D eigenvalue weighted by molar-refractivity contribution is 5.66. The summed E-state index contributed by atoms with van der Waals surface area (Å²) < 4.78 is 11.8. The van der Waals surface area contributed by atoms with E-state index in [1.54, 1.807) is 0 Å². The highest BCUT2D eigenvalue weighted by Crippen LogP contribution is 2.25. The van der Waals surface area contributed by atoms with Crippen LogP contribution in [0, 0.1) is 6.92 Å². The number of aryl methyl sites for hydroxylation is 1. The van der Waals surface area contributed by atoms with E-state index in [9.17, 15) is 4.79 Å². The van der Waals surface area contributed by atoms with E-state index in [4.69, 9.17) is 14.6 Å². The predicted octanol–water partition coefficient (Wildman–Crippen LogP) is 4.50. The third-order valence-corrected chi connectivity index (χ3v) is 4.86. The van der Waals surface area contributed by atoms with Gasteiger partial charge in [-0.25, -0.2) is 0 Å². The molecule has 0 aliphatic carbocycles. The Hall–Kier alpha value is -2.53. The van der Waals surface area contributed by atoms with E-state index in [2.05, 4.69) is 4.90 Å². The van der Waals surface area contributed by atoms with Gasteiger partial charge in [0.15, 0.2) is 0 Å². The molecule has 2 aromatic carbocycles. The van der Waals surface area contributed by atoms with Gasteiger partial charge in [-0.05, 0) is 75.7 Å². The number of carboxylic acids is 1. The Balaban J connectivity index is 1.46. The fourth-order valence-electron chi connectivity index (χ4n) is 3.35. The Kier molecular flexibility index (Phi) is 6.71. The lowest BCUT2D eigenvalue weighted by molar-refractivity contribution is -0.137. The van der Waals surface area contributed by atoms with Crippen molar-refractivity contribution in [3.05, 3.63) is 54.1 Å². The van der Waals surface area contributed by atoms with Crippen LogP contribution in [0.1, 0.15) is 31.2 Å². The Bertz CT molecular complexity index is 727. The summed E-state index contributed by atoms with van der Waals surface area (Å²) >= 11 is 0.